The molecule has 1 aromatic rings. The Morgan fingerprint density at radius 2 is 1.90 bits per heavy atom. The third-order valence-corrected chi connectivity index (χ3v) is 6.75. The molecule has 0 atom stereocenters. The van der Waals surface area contributed by atoms with Crippen LogP contribution >= 0.6 is 15.9 Å². The van der Waals surface area contributed by atoms with Gasteiger partial charge in [0.2, 0.25) is 10.0 Å². The lowest BCUT2D eigenvalue weighted by molar-refractivity contribution is 0.0696. The number of benzene rings is 1. The van der Waals surface area contributed by atoms with Gasteiger partial charge in [-0.05, 0) is 43.4 Å². The Morgan fingerprint density at radius 3 is 2.43 bits per heavy atom. The van der Waals surface area contributed by atoms with Crippen molar-refractivity contribution in [2.24, 2.45) is 5.92 Å². The Kier molecular flexibility index (Phi) is 4.75. The average molecular weight is 376 g/mol. The number of carboxylic acids is 1. The fourth-order valence-corrected chi connectivity index (χ4v) is 4.74. The van der Waals surface area contributed by atoms with E-state index >= 15 is 0 Å². The quantitative estimate of drug-likeness (QED) is 0.880. The van der Waals surface area contributed by atoms with Crippen LogP contribution in [0, 0.1) is 12.8 Å². The molecule has 0 unspecified atom stereocenters. The van der Waals surface area contributed by atoms with Crippen LogP contribution < -0.4 is 0 Å². The zero-order chi connectivity index (χ0) is 15.8. The number of piperidine rings is 1. The highest BCUT2D eigenvalue weighted by Gasteiger charge is 2.30. The van der Waals surface area contributed by atoms with Crippen LogP contribution in [0.1, 0.15) is 35.7 Å². The fraction of sp³-hybridized carbons (Fsp3) is 0.500. The maximum absolute atomic E-state index is 12.8. The van der Waals surface area contributed by atoms with E-state index < -0.39 is 16.0 Å². The maximum atomic E-state index is 12.8. The van der Waals surface area contributed by atoms with Gasteiger partial charge in [-0.3, -0.25) is 0 Å². The molecule has 116 valence electrons. The summed E-state index contributed by atoms with van der Waals surface area (Å²) in [6.45, 7) is 4.75. The number of hydrogen-bond donors (Lipinski definition) is 1. The summed E-state index contributed by atoms with van der Waals surface area (Å²) in [4.78, 5) is 11.2. The van der Waals surface area contributed by atoms with Gasteiger partial charge in [-0.15, -0.1) is 0 Å². The van der Waals surface area contributed by atoms with Crippen molar-refractivity contribution in [1.82, 2.24) is 4.31 Å². The zero-order valence-corrected chi connectivity index (χ0v) is 14.4. The van der Waals surface area contributed by atoms with Crippen molar-refractivity contribution in [3.05, 3.63) is 27.7 Å². The molecule has 1 N–H and O–H groups in total. The lowest BCUT2D eigenvalue weighted by atomic mass is 10.0. The first-order valence-corrected chi connectivity index (χ1v) is 9.00. The SMILES string of the molecule is Cc1c(Br)cc(C(=O)O)cc1S(=O)(=O)N1CCC(C)CC1. The third-order valence-electron chi connectivity index (χ3n) is 3.90. The Hall–Kier alpha value is -0.920. The predicted molar refractivity (Wildman–Crippen MR) is 83.0 cm³/mol. The molecule has 1 heterocycles. The molecule has 0 aliphatic carbocycles. The van der Waals surface area contributed by atoms with E-state index in [0.29, 0.717) is 29.0 Å². The smallest absolute Gasteiger partial charge is 0.335 e. The first-order valence-electron chi connectivity index (χ1n) is 6.77. The standard InChI is InChI=1S/C14H18BrNO4S/c1-9-3-5-16(6-4-9)21(19,20)13-8-11(14(17)18)7-12(15)10(13)2/h7-9H,3-6H2,1-2H3,(H,17,18). The van der Waals surface area contributed by atoms with E-state index in [2.05, 4.69) is 22.9 Å². The first kappa shape index (κ1) is 16.5. The Morgan fingerprint density at radius 1 is 1.33 bits per heavy atom. The van der Waals surface area contributed by atoms with Gasteiger partial charge in [0.1, 0.15) is 0 Å². The van der Waals surface area contributed by atoms with Crippen molar-refractivity contribution in [3.8, 4) is 0 Å². The van der Waals surface area contributed by atoms with Gasteiger partial charge in [-0.25, -0.2) is 13.2 Å². The number of aromatic carboxylic acids is 1. The number of carboxylic acid groups (broad SMARTS) is 1. The normalized spacial score (nSPS) is 17.9. The number of halogens is 1. The molecular formula is C14H18BrNO4S. The lowest BCUT2D eigenvalue weighted by Crippen LogP contribution is -2.38. The Labute approximate surface area is 133 Å². The van der Waals surface area contributed by atoms with Crippen LogP contribution in [0.3, 0.4) is 0 Å². The lowest BCUT2D eigenvalue weighted by Gasteiger charge is -2.30. The number of carbonyl (C=O) groups is 1. The summed E-state index contributed by atoms with van der Waals surface area (Å²) in [5, 5.41) is 9.11. The molecule has 1 aliphatic heterocycles. The minimum absolute atomic E-state index is 0.0311. The molecule has 2 rings (SSSR count). The molecule has 0 spiro atoms. The summed E-state index contributed by atoms with van der Waals surface area (Å²) in [6, 6.07) is 2.67. The molecular weight excluding hydrogens is 358 g/mol. The molecule has 5 nitrogen and oxygen atoms in total. The topological polar surface area (TPSA) is 74.7 Å². The molecule has 1 aliphatic rings. The van der Waals surface area contributed by atoms with Gasteiger partial charge in [-0.2, -0.15) is 4.31 Å². The van der Waals surface area contributed by atoms with Crippen LogP contribution in [-0.2, 0) is 10.0 Å². The molecule has 1 fully saturated rings. The van der Waals surface area contributed by atoms with E-state index in [1.165, 1.54) is 16.4 Å². The van der Waals surface area contributed by atoms with Crippen molar-refractivity contribution in [3.63, 3.8) is 0 Å². The Bertz CT molecular complexity index is 664. The highest BCUT2D eigenvalue weighted by molar-refractivity contribution is 9.10. The largest absolute Gasteiger partial charge is 0.478 e. The monoisotopic (exact) mass is 375 g/mol. The molecule has 0 radical (unpaired) electrons. The zero-order valence-electron chi connectivity index (χ0n) is 12.0. The van der Waals surface area contributed by atoms with E-state index in [9.17, 15) is 13.2 Å². The summed E-state index contributed by atoms with van der Waals surface area (Å²) < 4.78 is 27.5. The number of rotatable bonds is 3. The highest BCUT2D eigenvalue weighted by Crippen LogP contribution is 2.30. The summed E-state index contributed by atoms with van der Waals surface area (Å²) in [6.07, 6.45) is 1.66. The maximum Gasteiger partial charge on any atom is 0.335 e. The van der Waals surface area contributed by atoms with E-state index in [1.807, 2.05) is 0 Å². The van der Waals surface area contributed by atoms with E-state index in [1.54, 1.807) is 6.92 Å². The van der Waals surface area contributed by atoms with Gasteiger partial charge in [0.25, 0.3) is 0 Å². The Balaban J connectivity index is 2.47. The van der Waals surface area contributed by atoms with Crippen LogP contribution in [0.15, 0.2) is 21.5 Å². The van der Waals surface area contributed by atoms with E-state index in [4.69, 9.17) is 5.11 Å². The summed E-state index contributed by atoms with van der Waals surface area (Å²) >= 11 is 3.24. The summed E-state index contributed by atoms with van der Waals surface area (Å²) in [5.74, 6) is -0.617. The van der Waals surface area contributed by atoms with Crippen LogP contribution in [0.5, 0.6) is 0 Å². The number of hydrogen-bond acceptors (Lipinski definition) is 3. The average Bonchev–Trinajstić information content (AvgIpc) is 2.41. The molecule has 1 saturated heterocycles. The summed E-state index contributed by atoms with van der Waals surface area (Å²) in [7, 11) is -3.65. The van der Waals surface area contributed by atoms with Crippen LogP contribution in [0.25, 0.3) is 0 Å². The van der Waals surface area contributed by atoms with Crippen LogP contribution in [-0.4, -0.2) is 36.9 Å². The first-order chi connectivity index (χ1) is 9.73. The second kappa shape index (κ2) is 6.06. The van der Waals surface area contributed by atoms with Gasteiger partial charge < -0.3 is 5.11 Å². The van der Waals surface area contributed by atoms with E-state index in [0.717, 1.165) is 12.8 Å². The van der Waals surface area contributed by atoms with Crippen LogP contribution in [0.4, 0.5) is 0 Å². The molecule has 0 amide bonds. The second-order valence-corrected chi connectivity index (χ2v) is 8.23. The van der Waals surface area contributed by atoms with E-state index in [-0.39, 0.29) is 10.5 Å². The van der Waals surface area contributed by atoms with Crippen molar-refractivity contribution < 1.29 is 18.3 Å². The highest BCUT2D eigenvalue weighted by atomic mass is 79.9. The second-order valence-electron chi connectivity index (χ2n) is 5.47. The van der Waals surface area contributed by atoms with Crippen molar-refractivity contribution in [1.29, 1.82) is 0 Å². The van der Waals surface area contributed by atoms with Crippen molar-refractivity contribution >= 4 is 31.9 Å². The van der Waals surface area contributed by atoms with Gasteiger partial charge in [0.15, 0.2) is 0 Å². The third kappa shape index (κ3) is 3.30. The van der Waals surface area contributed by atoms with Gasteiger partial charge >= 0.3 is 5.97 Å². The number of sulfonamides is 1. The van der Waals surface area contributed by atoms with Crippen LogP contribution in [0.2, 0.25) is 0 Å². The minimum Gasteiger partial charge on any atom is -0.478 e. The molecule has 0 bridgehead atoms. The molecule has 1 aromatic carbocycles. The molecule has 0 saturated carbocycles. The van der Waals surface area contributed by atoms with Gasteiger partial charge in [-0.1, -0.05) is 22.9 Å². The van der Waals surface area contributed by atoms with Crippen molar-refractivity contribution in [2.75, 3.05) is 13.1 Å². The molecule has 0 aromatic heterocycles. The predicted octanol–water partition coefficient (Wildman–Crippen LogP) is 2.88. The summed E-state index contributed by atoms with van der Waals surface area (Å²) in [5.41, 5.74) is 0.509. The number of nitrogens with zero attached hydrogens (tertiary/aromatic N) is 1. The van der Waals surface area contributed by atoms with Crippen molar-refractivity contribution in [2.45, 2.75) is 31.6 Å². The van der Waals surface area contributed by atoms with Gasteiger partial charge in [0, 0.05) is 17.6 Å². The fourth-order valence-electron chi connectivity index (χ4n) is 2.41. The minimum atomic E-state index is -3.65. The van der Waals surface area contributed by atoms with Gasteiger partial charge in [0.05, 0.1) is 10.5 Å². The molecule has 21 heavy (non-hydrogen) atoms. The molecule has 7 heteroatoms.